The van der Waals surface area contributed by atoms with Gasteiger partial charge in [0.05, 0.1) is 0 Å². The van der Waals surface area contributed by atoms with Crippen molar-refractivity contribution in [3.63, 3.8) is 0 Å². The summed E-state index contributed by atoms with van der Waals surface area (Å²) in [6.45, 7) is 5.18. The topological polar surface area (TPSA) is 29.1 Å². The number of thiophene rings is 1. The Morgan fingerprint density at radius 3 is 3.06 bits per heavy atom. The molecule has 0 radical (unpaired) electrons. The van der Waals surface area contributed by atoms with E-state index in [1.54, 1.807) is 11.3 Å². The Labute approximate surface area is 101 Å². The lowest BCUT2D eigenvalue weighted by Crippen LogP contribution is -2.27. The molecule has 88 valence electrons. The van der Waals surface area contributed by atoms with Crippen molar-refractivity contribution >= 4 is 17.2 Å². The van der Waals surface area contributed by atoms with Gasteiger partial charge in [0.15, 0.2) is 0 Å². The summed E-state index contributed by atoms with van der Waals surface area (Å²) in [7, 11) is 0. The molecule has 0 aromatic carbocycles. The van der Waals surface area contributed by atoms with Gasteiger partial charge in [0.1, 0.15) is 0 Å². The molecular formula is C13H19NOS. The predicted octanol–water partition coefficient (Wildman–Crippen LogP) is 3.01. The summed E-state index contributed by atoms with van der Waals surface area (Å²) >= 11 is 1.76. The Balaban J connectivity index is 1.73. The van der Waals surface area contributed by atoms with Crippen LogP contribution >= 0.6 is 11.3 Å². The number of rotatable bonds is 5. The zero-order chi connectivity index (χ0) is 11.5. The van der Waals surface area contributed by atoms with Crippen molar-refractivity contribution in [2.45, 2.75) is 32.6 Å². The molecule has 2 nitrogen and oxygen atoms in total. The van der Waals surface area contributed by atoms with Crippen molar-refractivity contribution in [2.75, 3.05) is 6.54 Å². The van der Waals surface area contributed by atoms with Crippen LogP contribution in [0.4, 0.5) is 0 Å². The van der Waals surface area contributed by atoms with Gasteiger partial charge in [-0.25, -0.2) is 0 Å². The minimum Gasteiger partial charge on any atom is -0.356 e. The second kappa shape index (κ2) is 5.00. The van der Waals surface area contributed by atoms with Crippen LogP contribution in [0.15, 0.2) is 17.5 Å². The van der Waals surface area contributed by atoms with Crippen molar-refractivity contribution in [1.29, 1.82) is 0 Å². The van der Waals surface area contributed by atoms with Crippen molar-refractivity contribution in [1.82, 2.24) is 5.32 Å². The highest BCUT2D eigenvalue weighted by Crippen LogP contribution is 2.49. The monoisotopic (exact) mass is 237 g/mol. The summed E-state index contributed by atoms with van der Waals surface area (Å²) in [6.07, 6.45) is 2.11. The molecule has 2 atom stereocenters. The summed E-state index contributed by atoms with van der Waals surface area (Å²) in [6, 6.07) is 4.20. The van der Waals surface area contributed by atoms with Gasteiger partial charge < -0.3 is 5.32 Å². The third-order valence-electron chi connectivity index (χ3n) is 3.06. The fourth-order valence-electron chi connectivity index (χ4n) is 1.92. The van der Waals surface area contributed by atoms with E-state index in [0.717, 1.165) is 19.4 Å². The molecule has 3 heteroatoms. The lowest BCUT2D eigenvalue weighted by molar-refractivity contribution is -0.122. The highest BCUT2D eigenvalue weighted by atomic mass is 32.1. The fourth-order valence-corrected chi connectivity index (χ4v) is 2.82. The number of hydrogen-bond acceptors (Lipinski definition) is 2. The van der Waals surface area contributed by atoms with Gasteiger partial charge in [-0.1, -0.05) is 19.9 Å². The van der Waals surface area contributed by atoms with Gasteiger partial charge in [-0.2, -0.15) is 0 Å². The maximum Gasteiger partial charge on any atom is 0.223 e. The predicted molar refractivity (Wildman–Crippen MR) is 67.6 cm³/mol. The Hall–Kier alpha value is -0.830. The van der Waals surface area contributed by atoms with Gasteiger partial charge in [0.2, 0.25) is 5.91 Å². The van der Waals surface area contributed by atoms with Crippen molar-refractivity contribution in [3.05, 3.63) is 22.4 Å². The van der Waals surface area contributed by atoms with E-state index in [0.29, 0.717) is 11.8 Å². The normalized spacial score (nSPS) is 23.4. The lowest BCUT2D eigenvalue weighted by atomic mass is 10.1. The van der Waals surface area contributed by atoms with Crippen LogP contribution in [0.2, 0.25) is 0 Å². The molecule has 1 saturated carbocycles. The molecule has 0 aliphatic heterocycles. The van der Waals surface area contributed by atoms with Gasteiger partial charge in [0, 0.05) is 23.3 Å². The average Bonchev–Trinajstić information content (AvgIpc) is 2.85. The van der Waals surface area contributed by atoms with Crippen LogP contribution < -0.4 is 5.32 Å². The Bertz CT molecular complexity index is 345. The van der Waals surface area contributed by atoms with Gasteiger partial charge in [0.25, 0.3) is 0 Å². The van der Waals surface area contributed by atoms with Crippen LogP contribution in [0.25, 0.3) is 0 Å². The minimum absolute atomic E-state index is 0.241. The second-order valence-corrected chi connectivity index (χ2v) is 5.92. The number of hydrogen-bond donors (Lipinski definition) is 1. The lowest BCUT2D eigenvalue weighted by Gasteiger charge is -2.06. The zero-order valence-electron chi connectivity index (χ0n) is 9.90. The number of nitrogens with one attached hydrogen (secondary N) is 1. The molecule has 1 aliphatic carbocycles. The van der Waals surface area contributed by atoms with E-state index in [4.69, 9.17) is 0 Å². The standard InChI is InChI=1S/C13H19NOS/c1-9(2)5-6-14-13(15)11-8-10(11)12-4-3-7-16-12/h3-4,7,9-11H,5-6,8H2,1-2H3,(H,14,15). The molecule has 1 aliphatic rings. The average molecular weight is 237 g/mol. The Morgan fingerprint density at radius 2 is 2.44 bits per heavy atom. The first-order chi connectivity index (χ1) is 7.68. The van der Waals surface area contributed by atoms with Crippen LogP contribution in [-0.4, -0.2) is 12.5 Å². The molecule has 0 spiro atoms. The molecule has 1 aromatic rings. The van der Waals surface area contributed by atoms with E-state index in [1.165, 1.54) is 4.88 Å². The fraction of sp³-hybridized carbons (Fsp3) is 0.615. The van der Waals surface area contributed by atoms with E-state index in [-0.39, 0.29) is 11.8 Å². The Kier molecular flexibility index (Phi) is 3.64. The summed E-state index contributed by atoms with van der Waals surface area (Å²) in [5, 5.41) is 5.12. The van der Waals surface area contributed by atoms with Gasteiger partial charge in [-0.15, -0.1) is 11.3 Å². The van der Waals surface area contributed by atoms with Crippen molar-refractivity contribution in [3.8, 4) is 0 Å². The molecule has 1 amide bonds. The molecule has 2 rings (SSSR count). The highest BCUT2D eigenvalue weighted by Gasteiger charge is 2.44. The molecule has 1 aromatic heterocycles. The summed E-state index contributed by atoms with van der Waals surface area (Å²) in [5.74, 6) is 1.65. The number of amides is 1. The van der Waals surface area contributed by atoms with Crippen molar-refractivity contribution < 1.29 is 4.79 Å². The molecule has 16 heavy (non-hydrogen) atoms. The second-order valence-electron chi connectivity index (χ2n) is 4.94. The molecule has 0 bridgehead atoms. The highest BCUT2D eigenvalue weighted by molar-refractivity contribution is 7.10. The van der Waals surface area contributed by atoms with Gasteiger partial charge in [-0.3, -0.25) is 4.79 Å². The minimum atomic E-state index is 0.241. The van der Waals surface area contributed by atoms with Crippen LogP contribution in [0.5, 0.6) is 0 Å². The molecule has 1 heterocycles. The number of carbonyl (C=O) groups excluding carboxylic acids is 1. The molecular weight excluding hydrogens is 218 g/mol. The van der Waals surface area contributed by atoms with Crippen LogP contribution in [0.3, 0.4) is 0 Å². The van der Waals surface area contributed by atoms with E-state index in [1.807, 2.05) is 0 Å². The largest absolute Gasteiger partial charge is 0.356 e. The first kappa shape index (κ1) is 11.6. The number of carbonyl (C=O) groups is 1. The smallest absolute Gasteiger partial charge is 0.223 e. The first-order valence-electron chi connectivity index (χ1n) is 5.99. The zero-order valence-corrected chi connectivity index (χ0v) is 10.7. The summed E-state index contributed by atoms with van der Waals surface area (Å²) in [4.78, 5) is 13.2. The maximum absolute atomic E-state index is 11.8. The van der Waals surface area contributed by atoms with E-state index < -0.39 is 0 Å². The Morgan fingerprint density at radius 1 is 1.62 bits per heavy atom. The summed E-state index contributed by atoms with van der Waals surface area (Å²) < 4.78 is 0. The quantitative estimate of drug-likeness (QED) is 0.838. The van der Waals surface area contributed by atoms with Crippen LogP contribution in [0, 0.1) is 11.8 Å². The third kappa shape index (κ3) is 2.85. The van der Waals surface area contributed by atoms with Gasteiger partial charge >= 0.3 is 0 Å². The van der Waals surface area contributed by atoms with E-state index in [2.05, 4.69) is 36.7 Å². The summed E-state index contributed by atoms with van der Waals surface area (Å²) in [5.41, 5.74) is 0. The van der Waals surface area contributed by atoms with Crippen LogP contribution in [0.1, 0.15) is 37.5 Å². The SMILES string of the molecule is CC(C)CCNC(=O)C1CC1c1cccs1. The molecule has 0 saturated heterocycles. The molecule has 2 unspecified atom stereocenters. The first-order valence-corrected chi connectivity index (χ1v) is 6.87. The van der Waals surface area contributed by atoms with E-state index in [9.17, 15) is 4.79 Å². The van der Waals surface area contributed by atoms with Gasteiger partial charge in [-0.05, 0) is 30.2 Å². The van der Waals surface area contributed by atoms with E-state index >= 15 is 0 Å². The molecule has 1 N–H and O–H groups in total. The van der Waals surface area contributed by atoms with Crippen molar-refractivity contribution in [2.24, 2.45) is 11.8 Å². The third-order valence-corrected chi connectivity index (χ3v) is 4.06. The maximum atomic E-state index is 11.8. The molecule has 1 fully saturated rings. The van der Waals surface area contributed by atoms with Crippen LogP contribution in [-0.2, 0) is 4.79 Å².